The fraction of sp³-hybridized carbons (Fsp3) is 0.429. The van der Waals surface area contributed by atoms with Gasteiger partial charge in [-0.1, -0.05) is 53.9 Å². The molecular weight excluding hydrogens is 324 g/mol. The first-order valence-electron chi connectivity index (χ1n) is 6.55. The predicted octanol–water partition coefficient (Wildman–Crippen LogP) is 2.89. The molecule has 1 unspecified atom stereocenters. The van der Waals surface area contributed by atoms with Crippen molar-refractivity contribution < 1.29 is 14.7 Å². The molecule has 0 radical (unpaired) electrons. The summed E-state index contributed by atoms with van der Waals surface area (Å²) in [6, 6.07) is 6.23. The minimum atomic E-state index is -1.01. The van der Waals surface area contributed by atoms with Crippen LogP contribution in [0.25, 0.3) is 0 Å². The fourth-order valence-electron chi connectivity index (χ4n) is 1.69. The van der Waals surface area contributed by atoms with Gasteiger partial charge in [0, 0.05) is 11.0 Å². The number of carboxylic acid groups (broad SMARTS) is 1. The molecule has 1 aromatic rings. The van der Waals surface area contributed by atoms with Crippen molar-refractivity contribution >= 4 is 27.9 Å². The second kappa shape index (κ2) is 8.58. The van der Waals surface area contributed by atoms with Gasteiger partial charge in [0.2, 0.25) is 0 Å². The van der Waals surface area contributed by atoms with Crippen LogP contribution in [0.2, 0.25) is 0 Å². The van der Waals surface area contributed by atoms with Gasteiger partial charge in [-0.05, 0) is 18.1 Å². The number of carboxylic acids is 1. The minimum Gasteiger partial charge on any atom is -0.480 e. The van der Waals surface area contributed by atoms with Crippen molar-refractivity contribution in [1.29, 1.82) is 0 Å². The summed E-state index contributed by atoms with van der Waals surface area (Å²) in [4.78, 5) is 22.7. The lowest BCUT2D eigenvalue weighted by Crippen LogP contribution is -2.45. The lowest BCUT2D eigenvalue weighted by molar-refractivity contribution is -0.139. The number of benzene rings is 1. The molecule has 6 heteroatoms. The van der Waals surface area contributed by atoms with E-state index in [0.29, 0.717) is 13.0 Å². The molecule has 0 aromatic heterocycles. The number of carbonyl (C=O) groups is 2. The molecule has 0 saturated heterocycles. The topological polar surface area (TPSA) is 78.4 Å². The maximum atomic E-state index is 11.7. The summed E-state index contributed by atoms with van der Waals surface area (Å²) >= 11 is 3.39. The zero-order chi connectivity index (χ0) is 15.0. The summed E-state index contributed by atoms with van der Waals surface area (Å²) < 4.78 is 0.904. The van der Waals surface area contributed by atoms with Crippen molar-refractivity contribution in [3.63, 3.8) is 0 Å². The molecule has 5 nitrogen and oxygen atoms in total. The molecule has 2 amide bonds. The van der Waals surface area contributed by atoms with Gasteiger partial charge in [0.25, 0.3) is 0 Å². The van der Waals surface area contributed by atoms with Crippen LogP contribution in [0, 0.1) is 0 Å². The molecule has 3 N–H and O–H groups in total. The molecule has 0 aliphatic carbocycles. The van der Waals surface area contributed by atoms with E-state index in [2.05, 4.69) is 26.6 Å². The summed E-state index contributed by atoms with van der Waals surface area (Å²) in [6.07, 6.45) is 2.10. The van der Waals surface area contributed by atoms with Crippen molar-refractivity contribution in [1.82, 2.24) is 10.6 Å². The maximum Gasteiger partial charge on any atom is 0.326 e. The van der Waals surface area contributed by atoms with Crippen molar-refractivity contribution in [2.75, 3.05) is 0 Å². The van der Waals surface area contributed by atoms with Crippen LogP contribution in [-0.2, 0) is 11.3 Å². The van der Waals surface area contributed by atoms with E-state index in [0.717, 1.165) is 22.9 Å². The van der Waals surface area contributed by atoms with Crippen LogP contribution < -0.4 is 10.6 Å². The molecule has 20 heavy (non-hydrogen) atoms. The van der Waals surface area contributed by atoms with E-state index < -0.39 is 18.0 Å². The molecule has 0 aliphatic rings. The number of aliphatic carboxylic acids is 1. The Morgan fingerprint density at radius 1 is 1.35 bits per heavy atom. The Bertz CT molecular complexity index is 465. The first-order chi connectivity index (χ1) is 9.54. The summed E-state index contributed by atoms with van der Waals surface area (Å²) in [5, 5.41) is 14.2. The number of hydrogen-bond acceptors (Lipinski definition) is 2. The standard InChI is InChI=1S/C14H19BrN2O3/c1-2-3-8-12(13(18)19)17-14(20)16-9-10-6-4-5-7-11(10)15/h4-7,12H,2-3,8-9H2,1H3,(H,18,19)(H2,16,17,20). The third-order valence-corrected chi connectivity index (χ3v) is 3.62. The van der Waals surface area contributed by atoms with Gasteiger partial charge in [-0.25, -0.2) is 9.59 Å². The van der Waals surface area contributed by atoms with Gasteiger partial charge in [-0.15, -0.1) is 0 Å². The Balaban J connectivity index is 2.46. The molecule has 110 valence electrons. The summed E-state index contributed by atoms with van der Waals surface area (Å²) in [7, 11) is 0. The summed E-state index contributed by atoms with van der Waals surface area (Å²) in [5.41, 5.74) is 0.933. The fourth-order valence-corrected chi connectivity index (χ4v) is 2.12. The number of unbranched alkanes of at least 4 members (excludes halogenated alkanes) is 1. The van der Waals surface area contributed by atoms with Crippen molar-refractivity contribution in [2.45, 2.75) is 38.8 Å². The number of rotatable bonds is 7. The average molecular weight is 343 g/mol. The molecule has 0 bridgehead atoms. The van der Waals surface area contributed by atoms with Crippen LogP contribution in [0.3, 0.4) is 0 Å². The second-order valence-electron chi connectivity index (χ2n) is 4.45. The van der Waals surface area contributed by atoms with Crippen LogP contribution in [0.1, 0.15) is 31.7 Å². The maximum absolute atomic E-state index is 11.7. The number of halogens is 1. The van der Waals surface area contributed by atoms with Gasteiger partial charge in [0.1, 0.15) is 6.04 Å². The van der Waals surface area contributed by atoms with E-state index in [1.165, 1.54) is 0 Å². The molecule has 0 fully saturated rings. The molecule has 0 spiro atoms. The first kappa shape index (κ1) is 16.5. The van der Waals surface area contributed by atoms with E-state index in [4.69, 9.17) is 5.11 Å². The zero-order valence-corrected chi connectivity index (χ0v) is 12.9. The lowest BCUT2D eigenvalue weighted by atomic mass is 10.1. The number of hydrogen-bond donors (Lipinski definition) is 3. The van der Waals surface area contributed by atoms with E-state index in [-0.39, 0.29) is 0 Å². The van der Waals surface area contributed by atoms with Crippen LogP contribution >= 0.6 is 15.9 Å². The highest BCUT2D eigenvalue weighted by atomic mass is 79.9. The molecule has 0 heterocycles. The van der Waals surface area contributed by atoms with E-state index >= 15 is 0 Å². The third kappa shape index (κ3) is 5.61. The van der Waals surface area contributed by atoms with Gasteiger partial charge in [-0.2, -0.15) is 0 Å². The van der Waals surface area contributed by atoms with Crippen molar-refractivity contribution in [3.05, 3.63) is 34.3 Å². The molecule has 1 atom stereocenters. The van der Waals surface area contributed by atoms with Crippen molar-refractivity contribution in [2.24, 2.45) is 0 Å². The van der Waals surface area contributed by atoms with E-state index in [9.17, 15) is 9.59 Å². The predicted molar refractivity (Wildman–Crippen MR) is 80.5 cm³/mol. The zero-order valence-electron chi connectivity index (χ0n) is 11.4. The largest absolute Gasteiger partial charge is 0.480 e. The van der Waals surface area contributed by atoms with Gasteiger partial charge >= 0.3 is 12.0 Å². The smallest absolute Gasteiger partial charge is 0.326 e. The Morgan fingerprint density at radius 3 is 2.65 bits per heavy atom. The molecular formula is C14H19BrN2O3. The Hall–Kier alpha value is -1.56. The van der Waals surface area contributed by atoms with E-state index in [1.54, 1.807) is 0 Å². The third-order valence-electron chi connectivity index (χ3n) is 2.85. The number of nitrogens with one attached hydrogen (secondary N) is 2. The highest BCUT2D eigenvalue weighted by molar-refractivity contribution is 9.10. The highest BCUT2D eigenvalue weighted by Crippen LogP contribution is 2.15. The average Bonchev–Trinajstić information content (AvgIpc) is 2.42. The second-order valence-corrected chi connectivity index (χ2v) is 5.31. The Labute approximate surface area is 126 Å². The number of carbonyl (C=O) groups excluding carboxylic acids is 1. The normalized spacial score (nSPS) is 11.7. The van der Waals surface area contributed by atoms with Crippen LogP contribution in [0.15, 0.2) is 28.7 Å². The Morgan fingerprint density at radius 2 is 2.05 bits per heavy atom. The van der Waals surface area contributed by atoms with Gasteiger partial charge in [-0.3, -0.25) is 0 Å². The lowest BCUT2D eigenvalue weighted by Gasteiger charge is -2.15. The quantitative estimate of drug-likeness (QED) is 0.712. The molecule has 0 aliphatic heterocycles. The summed E-state index contributed by atoms with van der Waals surface area (Å²) in [5.74, 6) is -1.01. The van der Waals surface area contributed by atoms with Crippen molar-refractivity contribution in [3.8, 4) is 0 Å². The first-order valence-corrected chi connectivity index (χ1v) is 7.34. The molecule has 1 rings (SSSR count). The van der Waals surface area contributed by atoms with Gasteiger partial charge < -0.3 is 15.7 Å². The van der Waals surface area contributed by atoms with Crippen LogP contribution in [0.4, 0.5) is 4.79 Å². The summed E-state index contributed by atoms with van der Waals surface area (Å²) in [6.45, 7) is 2.32. The highest BCUT2D eigenvalue weighted by Gasteiger charge is 2.18. The monoisotopic (exact) mass is 342 g/mol. The Kier molecular flexibility index (Phi) is 7.08. The SMILES string of the molecule is CCCCC(NC(=O)NCc1ccccc1Br)C(=O)O. The minimum absolute atomic E-state index is 0.341. The van der Waals surface area contributed by atoms with Crippen LogP contribution in [-0.4, -0.2) is 23.1 Å². The number of urea groups is 1. The van der Waals surface area contributed by atoms with Gasteiger partial charge in [0.15, 0.2) is 0 Å². The molecule has 1 aromatic carbocycles. The molecule has 0 saturated carbocycles. The van der Waals surface area contributed by atoms with Crippen LogP contribution in [0.5, 0.6) is 0 Å². The van der Waals surface area contributed by atoms with E-state index in [1.807, 2.05) is 31.2 Å². The number of amides is 2. The van der Waals surface area contributed by atoms with Gasteiger partial charge in [0.05, 0.1) is 0 Å².